The molecule has 2 fully saturated rings. The first-order valence-corrected chi connectivity index (χ1v) is 9.49. The second-order valence-corrected chi connectivity index (χ2v) is 8.10. The van der Waals surface area contributed by atoms with E-state index in [1.807, 2.05) is 19.9 Å². The molecule has 0 unspecified atom stereocenters. The van der Waals surface area contributed by atoms with Crippen LogP contribution in [-0.4, -0.2) is 78.3 Å². The third kappa shape index (κ3) is 4.48. The van der Waals surface area contributed by atoms with Gasteiger partial charge in [-0.1, -0.05) is 32.0 Å². The number of hydrogen-bond acceptors (Lipinski definition) is 5. The van der Waals surface area contributed by atoms with E-state index in [4.69, 9.17) is 4.74 Å². The minimum absolute atomic E-state index is 0.342. The summed E-state index contributed by atoms with van der Waals surface area (Å²) in [6, 6.07) is 8.93. The van der Waals surface area contributed by atoms with Gasteiger partial charge in [0.05, 0.1) is 18.8 Å². The average molecular weight is 375 g/mol. The summed E-state index contributed by atoms with van der Waals surface area (Å²) in [5.41, 5.74) is -0.834. The van der Waals surface area contributed by atoms with Gasteiger partial charge >= 0.3 is 11.8 Å². The Labute approximate surface area is 160 Å². The Morgan fingerprint density at radius 3 is 2.44 bits per heavy atom. The van der Waals surface area contributed by atoms with Crippen LogP contribution in [0.3, 0.4) is 0 Å². The number of para-hydroxylation sites is 1. The van der Waals surface area contributed by atoms with Gasteiger partial charge in [0.15, 0.2) is 0 Å². The minimum atomic E-state index is -0.906. The molecule has 2 heterocycles. The van der Waals surface area contributed by atoms with Gasteiger partial charge in [-0.15, -0.1) is 0 Å². The lowest BCUT2D eigenvalue weighted by molar-refractivity contribution is -0.161. The van der Waals surface area contributed by atoms with Gasteiger partial charge < -0.3 is 20.1 Å². The largest absolute Gasteiger partial charge is 0.388 e. The van der Waals surface area contributed by atoms with Crippen molar-refractivity contribution >= 4 is 17.5 Å². The van der Waals surface area contributed by atoms with Gasteiger partial charge in [-0.25, -0.2) is 0 Å². The van der Waals surface area contributed by atoms with E-state index in [1.54, 1.807) is 29.2 Å². The number of nitrogens with zero attached hydrogens (tertiary/aromatic N) is 2. The smallest absolute Gasteiger partial charge is 0.313 e. The number of anilines is 1. The first kappa shape index (κ1) is 19.8. The summed E-state index contributed by atoms with van der Waals surface area (Å²) >= 11 is 0. The summed E-state index contributed by atoms with van der Waals surface area (Å²) in [6.07, 6.45) is 0.446. The van der Waals surface area contributed by atoms with Crippen molar-refractivity contribution in [3.63, 3.8) is 0 Å². The second-order valence-electron chi connectivity index (χ2n) is 8.10. The molecule has 0 bridgehead atoms. The summed E-state index contributed by atoms with van der Waals surface area (Å²) in [5.74, 6) is -1.20. The number of morpholine rings is 1. The summed E-state index contributed by atoms with van der Waals surface area (Å²) < 4.78 is 5.38. The van der Waals surface area contributed by atoms with Crippen LogP contribution in [0.15, 0.2) is 30.3 Å². The van der Waals surface area contributed by atoms with Gasteiger partial charge in [-0.2, -0.15) is 0 Å². The molecule has 7 heteroatoms. The summed E-state index contributed by atoms with van der Waals surface area (Å²) in [5, 5.41) is 13.9. The second kappa shape index (κ2) is 7.96. The Balaban J connectivity index is 1.61. The standard InChI is InChI=1S/C20H29N3O4/c1-19(2)14-23(18(25)17(24)21-16-6-4-3-5-7-16)9-8-20(19,26)15-22-10-12-27-13-11-22/h3-7,26H,8-15H2,1-2H3,(H,21,24)/t20-/m0/s1. The highest BCUT2D eigenvalue weighted by atomic mass is 16.5. The molecule has 1 aromatic rings. The van der Waals surface area contributed by atoms with E-state index in [0.29, 0.717) is 45.0 Å². The molecule has 2 aliphatic rings. The molecule has 27 heavy (non-hydrogen) atoms. The highest BCUT2D eigenvalue weighted by molar-refractivity contribution is 6.39. The van der Waals surface area contributed by atoms with E-state index >= 15 is 0 Å². The number of piperidine rings is 1. The van der Waals surface area contributed by atoms with Crippen molar-refractivity contribution in [3.8, 4) is 0 Å². The van der Waals surface area contributed by atoms with Gasteiger partial charge in [0.25, 0.3) is 0 Å². The summed E-state index contributed by atoms with van der Waals surface area (Å²) in [4.78, 5) is 28.7. The lowest BCUT2D eigenvalue weighted by Crippen LogP contribution is -2.64. The van der Waals surface area contributed by atoms with Crippen LogP contribution in [0, 0.1) is 5.41 Å². The fraction of sp³-hybridized carbons (Fsp3) is 0.600. The Morgan fingerprint density at radius 2 is 1.81 bits per heavy atom. The summed E-state index contributed by atoms with van der Waals surface area (Å²) in [6.45, 7) is 8.16. The number of nitrogens with one attached hydrogen (secondary N) is 1. The van der Waals surface area contributed by atoms with E-state index in [0.717, 1.165) is 13.1 Å². The van der Waals surface area contributed by atoms with Crippen molar-refractivity contribution in [3.05, 3.63) is 30.3 Å². The number of benzene rings is 1. The zero-order chi connectivity index (χ0) is 19.5. The first-order chi connectivity index (χ1) is 12.8. The van der Waals surface area contributed by atoms with Crippen LogP contribution in [0.5, 0.6) is 0 Å². The zero-order valence-electron chi connectivity index (χ0n) is 16.1. The molecule has 7 nitrogen and oxygen atoms in total. The van der Waals surface area contributed by atoms with Gasteiger partial charge in [0.1, 0.15) is 0 Å². The van der Waals surface area contributed by atoms with Crippen LogP contribution in [0.1, 0.15) is 20.3 Å². The van der Waals surface area contributed by atoms with E-state index in [-0.39, 0.29) is 0 Å². The first-order valence-electron chi connectivity index (χ1n) is 9.49. The molecule has 0 aliphatic carbocycles. The maximum Gasteiger partial charge on any atom is 0.313 e. The molecular weight excluding hydrogens is 346 g/mol. The number of carbonyl (C=O) groups is 2. The Bertz CT molecular complexity index is 673. The molecule has 1 atom stereocenters. The molecule has 2 saturated heterocycles. The lowest BCUT2D eigenvalue weighted by atomic mass is 9.69. The van der Waals surface area contributed by atoms with Crippen LogP contribution in [-0.2, 0) is 14.3 Å². The fourth-order valence-electron chi connectivity index (χ4n) is 3.81. The molecule has 2 aliphatic heterocycles. The molecule has 0 spiro atoms. The number of rotatable bonds is 3. The predicted molar refractivity (Wildman–Crippen MR) is 102 cm³/mol. The molecule has 148 valence electrons. The quantitative estimate of drug-likeness (QED) is 0.769. The fourth-order valence-corrected chi connectivity index (χ4v) is 3.81. The van der Waals surface area contributed by atoms with Crippen LogP contribution in [0.2, 0.25) is 0 Å². The molecule has 2 N–H and O–H groups in total. The Morgan fingerprint density at radius 1 is 1.15 bits per heavy atom. The maximum atomic E-state index is 12.6. The molecule has 0 saturated carbocycles. The topological polar surface area (TPSA) is 82.1 Å². The molecule has 3 rings (SSSR count). The molecule has 2 amide bonds. The third-order valence-electron chi connectivity index (χ3n) is 5.74. The molecule has 1 aromatic carbocycles. The van der Waals surface area contributed by atoms with Gasteiger partial charge in [-0.3, -0.25) is 14.5 Å². The number of β-amino-alcohol motifs (C(OH)–C–C–N with tert-alkyl or cyclic N) is 1. The van der Waals surface area contributed by atoms with Gasteiger partial charge in [0.2, 0.25) is 0 Å². The SMILES string of the molecule is CC1(C)CN(C(=O)C(=O)Nc2ccccc2)CC[C@]1(O)CN1CCOCC1. The number of hydrogen-bond donors (Lipinski definition) is 2. The minimum Gasteiger partial charge on any atom is -0.388 e. The summed E-state index contributed by atoms with van der Waals surface area (Å²) in [7, 11) is 0. The van der Waals surface area contributed by atoms with Crippen LogP contribution in [0.25, 0.3) is 0 Å². The number of aliphatic hydroxyl groups is 1. The normalized spacial score (nSPS) is 25.8. The van der Waals surface area contributed by atoms with Crippen LogP contribution >= 0.6 is 0 Å². The number of amides is 2. The maximum absolute atomic E-state index is 12.6. The Kier molecular flexibility index (Phi) is 5.83. The van der Waals surface area contributed by atoms with E-state index in [1.165, 1.54) is 0 Å². The highest BCUT2D eigenvalue weighted by Crippen LogP contribution is 2.39. The monoisotopic (exact) mass is 375 g/mol. The van der Waals surface area contributed by atoms with Gasteiger partial charge in [0, 0.05) is 43.8 Å². The van der Waals surface area contributed by atoms with Crippen molar-refractivity contribution in [1.82, 2.24) is 9.80 Å². The van der Waals surface area contributed by atoms with E-state index in [2.05, 4.69) is 10.2 Å². The number of carbonyl (C=O) groups excluding carboxylic acids is 2. The Hall–Kier alpha value is -1.96. The van der Waals surface area contributed by atoms with Crippen molar-refractivity contribution in [2.24, 2.45) is 5.41 Å². The van der Waals surface area contributed by atoms with Crippen molar-refractivity contribution < 1.29 is 19.4 Å². The number of likely N-dealkylation sites (tertiary alicyclic amines) is 1. The van der Waals surface area contributed by atoms with E-state index in [9.17, 15) is 14.7 Å². The van der Waals surface area contributed by atoms with Crippen LogP contribution < -0.4 is 5.32 Å². The average Bonchev–Trinajstić information content (AvgIpc) is 2.65. The highest BCUT2D eigenvalue weighted by Gasteiger charge is 2.49. The zero-order valence-corrected chi connectivity index (χ0v) is 16.1. The van der Waals surface area contributed by atoms with Crippen molar-refractivity contribution in [1.29, 1.82) is 0 Å². The third-order valence-corrected chi connectivity index (χ3v) is 5.74. The van der Waals surface area contributed by atoms with Gasteiger partial charge in [-0.05, 0) is 18.6 Å². The molecule has 0 aromatic heterocycles. The molecule has 0 radical (unpaired) electrons. The predicted octanol–water partition coefficient (Wildman–Crippen LogP) is 0.947. The number of ether oxygens (including phenoxy) is 1. The lowest BCUT2D eigenvalue weighted by Gasteiger charge is -2.52. The molecular formula is C20H29N3O4. The van der Waals surface area contributed by atoms with Crippen LogP contribution in [0.4, 0.5) is 5.69 Å². The van der Waals surface area contributed by atoms with E-state index < -0.39 is 22.8 Å². The van der Waals surface area contributed by atoms with Crippen molar-refractivity contribution in [2.75, 3.05) is 51.3 Å². The van der Waals surface area contributed by atoms with Crippen molar-refractivity contribution in [2.45, 2.75) is 25.9 Å².